The van der Waals surface area contributed by atoms with E-state index in [1.807, 2.05) is 87.5 Å². The van der Waals surface area contributed by atoms with E-state index in [9.17, 15) is 10.4 Å². The lowest BCUT2D eigenvalue weighted by atomic mass is 9.98. The summed E-state index contributed by atoms with van der Waals surface area (Å²) >= 11 is 0. The van der Waals surface area contributed by atoms with Crippen LogP contribution >= 0.6 is 0 Å². The van der Waals surface area contributed by atoms with E-state index >= 15 is 0 Å². The van der Waals surface area contributed by atoms with Gasteiger partial charge in [-0.3, -0.25) is 0 Å². The molecule has 2 unspecified atom stereocenters. The van der Waals surface area contributed by atoms with Crippen LogP contribution in [0.25, 0.3) is 0 Å². The van der Waals surface area contributed by atoms with E-state index in [1.165, 1.54) is 0 Å². The van der Waals surface area contributed by atoms with Crippen LogP contribution in [0.15, 0.2) is 72.8 Å². The van der Waals surface area contributed by atoms with E-state index in [0.29, 0.717) is 11.4 Å². The van der Waals surface area contributed by atoms with Crippen molar-refractivity contribution in [1.82, 2.24) is 0 Å². The second kappa shape index (κ2) is 8.86. The number of para-hydroxylation sites is 2. The summed E-state index contributed by atoms with van der Waals surface area (Å²) in [5.41, 5.74) is 10.1. The normalized spacial score (nSPS) is 13.2. The highest BCUT2D eigenvalue weighted by molar-refractivity contribution is 5.55. The van der Waals surface area contributed by atoms with E-state index < -0.39 is 0 Å². The van der Waals surface area contributed by atoms with Crippen molar-refractivity contribution in [1.29, 1.82) is 0 Å². The maximum Gasteiger partial charge on any atom is 0.160 e. The minimum absolute atomic E-state index is 0.0976. The Bertz CT molecular complexity index is 901. The van der Waals surface area contributed by atoms with Crippen molar-refractivity contribution in [3.05, 3.63) is 94.3 Å². The molecule has 0 bridgehead atoms. The molecule has 2 atom stereocenters. The number of hydrogen-bond donors (Lipinski definition) is 4. The molecule has 0 aliphatic carbocycles. The largest absolute Gasteiger partial charge is 0.603 e. The second-order valence-corrected chi connectivity index (χ2v) is 7.05. The molecule has 0 saturated carbocycles. The SMILES string of the molecule is Cc1cc([NH+]([O-])Nc2ccccc2)c(C(C)C)cc1[NH+]([O-])Nc1ccccc1. The van der Waals surface area contributed by atoms with E-state index in [0.717, 1.165) is 22.5 Å². The topological polar surface area (TPSA) is 79.1 Å². The third kappa shape index (κ3) is 4.68. The Kier molecular flexibility index (Phi) is 6.28. The van der Waals surface area contributed by atoms with Crippen molar-refractivity contribution in [2.75, 3.05) is 10.9 Å². The zero-order valence-corrected chi connectivity index (χ0v) is 16.3. The van der Waals surface area contributed by atoms with Crippen LogP contribution in [0.5, 0.6) is 0 Å². The summed E-state index contributed by atoms with van der Waals surface area (Å²) in [5, 5.41) is 25.3. The maximum absolute atomic E-state index is 12.9. The minimum atomic E-state index is -0.180. The maximum atomic E-state index is 12.9. The fourth-order valence-electron chi connectivity index (χ4n) is 3.08. The lowest BCUT2D eigenvalue weighted by Crippen LogP contribution is -3.06. The summed E-state index contributed by atoms with van der Waals surface area (Å²) < 4.78 is 0. The third-order valence-corrected chi connectivity index (χ3v) is 4.57. The number of hydrogen-bond acceptors (Lipinski definition) is 4. The van der Waals surface area contributed by atoms with Crippen LogP contribution in [-0.2, 0) is 0 Å². The van der Waals surface area contributed by atoms with Crippen molar-refractivity contribution < 1.29 is 10.3 Å². The molecular formula is C22H26N4O2. The Morgan fingerprint density at radius 3 is 1.64 bits per heavy atom. The quantitative estimate of drug-likeness (QED) is 0.476. The zero-order valence-electron chi connectivity index (χ0n) is 16.3. The van der Waals surface area contributed by atoms with Crippen LogP contribution in [-0.4, -0.2) is 0 Å². The first-order valence-corrected chi connectivity index (χ1v) is 9.33. The van der Waals surface area contributed by atoms with Gasteiger partial charge in [0.2, 0.25) is 0 Å². The number of nitrogens with one attached hydrogen (secondary N) is 4. The predicted molar refractivity (Wildman–Crippen MR) is 113 cm³/mol. The molecule has 0 amide bonds. The first kappa shape index (κ1) is 19.9. The van der Waals surface area contributed by atoms with Gasteiger partial charge in [0.1, 0.15) is 0 Å². The average Bonchev–Trinajstić information content (AvgIpc) is 2.69. The summed E-state index contributed by atoms with van der Waals surface area (Å²) in [6, 6.07) is 22.3. The van der Waals surface area contributed by atoms with Gasteiger partial charge >= 0.3 is 0 Å². The first-order valence-electron chi connectivity index (χ1n) is 9.33. The van der Waals surface area contributed by atoms with Gasteiger partial charge < -0.3 is 10.4 Å². The van der Waals surface area contributed by atoms with Gasteiger partial charge in [-0.2, -0.15) is 0 Å². The molecule has 0 fully saturated rings. The van der Waals surface area contributed by atoms with Gasteiger partial charge in [0.15, 0.2) is 11.4 Å². The molecule has 0 radical (unpaired) electrons. The van der Waals surface area contributed by atoms with Crippen LogP contribution in [0.4, 0.5) is 22.7 Å². The second-order valence-electron chi connectivity index (χ2n) is 7.05. The molecule has 0 spiro atoms. The number of aryl methyl sites for hydroxylation is 1. The van der Waals surface area contributed by atoms with Crippen LogP contribution in [0.1, 0.15) is 30.9 Å². The highest BCUT2D eigenvalue weighted by Gasteiger charge is 2.20. The molecule has 6 heteroatoms. The van der Waals surface area contributed by atoms with Crippen LogP contribution < -0.4 is 21.2 Å². The molecule has 3 rings (SSSR count). The number of rotatable bonds is 7. The van der Waals surface area contributed by atoms with Gasteiger partial charge in [-0.05, 0) is 37.1 Å². The molecule has 0 heterocycles. The van der Waals surface area contributed by atoms with Gasteiger partial charge in [0.25, 0.3) is 0 Å². The van der Waals surface area contributed by atoms with Crippen molar-refractivity contribution in [3.63, 3.8) is 0 Å². The molecule has 0 aromatic heterocycles. The Morgan fingerprint density at radius 1 is 0.714 bits per heavy atom. The van der Waals surface area contributed by atoms with Gasteiger partial charge in [-0.1, -0.05) is 50.2 Å². The van der Waals surface area contributed by atoms with Crippen LogP contribution in [0.2, 0.25) is 0 Å². The highest BCUT2D eigenvalue weighted by atomic mass is 16.5. The number of anilines is 2. The van der Waals surface area contributed by atoms with Crippen molar-refractivity contribution >= 4 is 22.7 Å². The van der Waals surface area contributed by atoms with E-state index in [2.05, 4.69) is 10.9 Å². The summed E-state index contributed by atoms with van der Waals surface area (Å²) in [4.78, 5) is 0. The Hall–Kier alpha value is -2.90. The predicted octanol–water partition coefficient (Wildman–Crippen LogP) is 3.20. The molecule has 3 aromatic rings. The lowest BCUT2D eigenvalue weighted by Gasteiger charge is -2.29. The fourth-order valence-corrected chi connectivity index (χ4v) is 3.08. The molecule has 0 aliphatic heterocycles. The molecule has 3 aromatic carbocycles. The number of benzene rings is 3. The third-order valence-electron chi connectivity index (χ3n) is 4.57. The van der Waals surface area contributed by atoms with E-state index in [1.54, 1.807) is 6.07 Å². The molecule has 28 heavy (non-hydrogen) atoms. The van der Waals surface area contributed by atoms with Crippen LogP contribution in [0.3, 0.4) is 0 Å². The molecule has 146 valence electrons. The Labute approximate surface area is 165 Å². The molecular weight excluding hydrogens is 352 g/mol. The summed E-state index contributed by atoms with van der Waals surface area (Å²) in [7, 11) is 0. The van der Waals surface area contributed by atoms with Gasteiger partial charge in [-0.25, -0.2) is 21.2 Å². The van der Waals surface area contributed by atoms with Gasteiger partial charge in [0.05, 0.1) is 11.4 Å². The zero-order chi connectivity index (χ0) is 20.1. The molecule has 6 nitrogen and oxygen atoms in total. The fraction of sp³-hybridized carbons (Fsp3) is 0.182. The lowest BCUT2D eigenvalue weighted by molar-refractivity contribution is -0.753. The van der Waals surface area contributed by atoms with Gasteiger partial charge in [-0.15, -0.1) is 0 Å². The van der Waals surface area contributed by atoms with Crippen LogP contribution in [0, 0.1) is 17.3 Å². The van der Waals surface area contributed by atoms with Crippen molar-refractivity contribution in [2.45, 2.75) is 26.7 Å². The first-order chi connectivity index (χ1) is 13.5. The Morgan fingerprint density at radius 2 is 1.18 bits per heavy atom. The van der Waals surface area contributed by atoms with Crippen molar-refractivity contribution in [2.24, 2.45) is 0 Å². The number of quaternary nitrogens is 2. The average molecular weight is 378 g/mol. The summed E-state index contributed by atoms with van der Waals surface area (Å²) in [6.07, 6.45) is 0. The smallest absolute Gasteiger partial charge is 0.160 e. The minimum Gasteiger partial charge on any atom is -0.603 e. The Balaban J connectivity index is 1.89. The monoisotopic (exact) mass is 378 g/mol. The van der Waals surface area contributed by atoms with Gasteiger partial charge in [0, 0.05) is 23.3 Å². The molecule has 4 N–H and O–H groups in total. The highest BCUT2D eigenvalue weighted by Crippen LogP contribution is 2.27. The molecule has 0 saturated heterocycles. The standard InChI is InChI=1S/C22H26N4O2/c1-16(2)20-15-21(25(27)23-18-10-6-4-7-11-18)17(3)14-22(20)26(28)24-19-12-8-5-9-13-19/h4-16,23-26H,1-3H3. The summed E-state index contributed by atoms with van der Waals surface area (Å²) in [5.74, 6) is 0.0976. The van der Waals surface area contributed by atoms with E-state index in [4.69, 9.17) is 0 Å². The van der Waals surface area contributed by atoms with E-state index in [-0.39, 0.29) is 16.3 Å². The molecule has 0 aliphatic rings. The van der Waals surface area contributed by atoms with Crippen molar-refractivity contribution in [3.8, 4) is 0 Å². The summed E-state index contributed by atoms with van der Waals surface area (Å²) in [6.45, 7) is 5.88.